The predicted octanol–water partition coefficient (Wildman–Crippen LogP) is 2.03. The summed E-state index contributed by atoms with van der Waals surface area (Å²) in [5.74, 6) is 0.311. The van der Waals surface area contributed by atoms with E-state index in [0.29, 0.717) is 18.9 Å². The van der Waals surface area contributed by atoms with Crippen LogP contribution in [0.25, 0.3) is 0 Å². The minimum atomic E-state index is -2.31. The molecule has 0 aliphatic rings. The van der Waals surface area contributed by atoms with Gasteiger partial charge in [-0.1, -0.05) is 13.3 Å². The van der Waals surface area contributed by atoms with E-state index in [9.17, 15) is 8.78 Å². The fraction of sp³-hybridized carbons (Fsp3) is 1.00. The van der Waals surface area contributed by atoms with Crippen LogP contribution >= 0.6 is 0 Å². The van der Waals surface area contributed by atoms with Crippen molar-refractivity contribution in [2.75, 3.05) is 13.2 Å². The van der Waals surface area contributed by atoms with E-state index < -0.39 is 12.5 Å². The van der Waals surface area contributed by atoms with E-state index in [1.807, 2.05) is 0 Å². The second kappa shape index (κ2) is 8.12. The zero-order valence-electron chi connectivity index (χ0n) is 8.97. The van der Waals surface area contributed by atoms with Crippen LogP contribution in [0.5, 0.6) is 0 Å². The summed E-state index contributed by atoms with van der Waals surface area (Å²) in [7, 11) is 0. The van der Waals surface area contributed by atoms with E-state index in [4.69, 9.17) is 5.11 Å². The molecule has 0 saturated heterocycles. The molecule has 0 aromatic rings. The summed E-state index contributed by atoms with van der Waals surface area (Å²) >= 11 is 0. The molecule has 0 saturated carbocycles. The number of aliphatic hydroxyl groups excluding tert-OH is 1. The topological polar surface area (TPSA) is 32.3 Å². The van der Waals surface area contributed by atoms with E-state index in [2.05, 4.69) is 12.2 Å². The number of nitrogens with one attached hydrogen (secondary N) is 1. The Kier molecular flexibility index (Phi) is 7.99. The van der Waals surface area contributed by atoms with Crippen molar-refractivity contribution >= 4 is 0 Å². The molecule has 4 heteroatoms. The third-order valence-electron chi connectivity index (χ3n) is 2.34. The lowest BCUT2D eigenvalue weighted by Gasteiger charge is -2.19. The summed E-state index contributed by atoms with van der Waals surface area (Å²) in [6.07, 6.45) is 0.377. The van der Waals surface area contributed by atoms with Crippen LogP contribution in [0.1, 0.15) is 33.1 Å². The average molecular weight is 209 g/mol. The van der Waals surface area contributed by atoms with Gasteiger partial charge in [0.05, 0.1) is 6.04 Å². The summed E-state index contributed by atoms with van der Waals surface area (Å²) < 4.78 is 24.3. The van der Waals surface area contributed by atoms with Crippen LogP contribution in [-0.4, -0.2) is 30.7 Å². The van der Waals surface area contributed by atoms with Gasteiger partial charge in [-0.15, -0.1) is 0 Å². The normalized spacial score (nSPS) is 15.9. The molecule has 0 aromatic carbocycles. The fourth-order valence-corrected chi connectivity index (χ4v) is 1.38. The molecule has 0 rings (SSSR count). The minimum Gasteiger partial charge on any atom is -0.396 e. The maximum Gasteiger partial charge on any atom is 0.253 e. The van der Waals surface area contributed by atoms with E-state index >= 15 is 0 Å². The van der Waals surface area contributed by atoms with E-state index in [1.165, 1.54) is 6.92 Å². The van der Waals surface area contributed by atoms with Gasteiger partial charge in [-0.3, -0.25) is 0 Å². The van der Waals surface area contributed by atoms with Gasteiger partial charge in [0.2, 0.25) is 0 Å². The summed E-state index contributed by atoms with van der Waals surface area (Å²) in [5.41, 5.74) is 0. The van der Waals surface area contributed by atoms with Crippen molar-refractivity contribution in [1.29, 1.82) is 0 Å². The fourth-order valence-electron chi connectivity index (χ4n) is 1.38. The van der Waals surface area contributed by atoms with Gasteiger partial charge in [0, 0.05) is 6.61 Å². The Bertz CT molecular complexity index is 127. The third-order valence-corrected chi connectivity index (χ3v) is 2.34. The van der Waals surface area contributed by atoms with Crippen LogP contribution in [0.15, 0.2) is 0 Å². The first kappa shape index (κ1) is 13.8. The van der Waals surface area contributed by atoms with Gasteiger partial charge in [0.1, 0.15) is 0 Å². The van der Waals surface area contributed by atoms with Gasteiger partial charge in [-0.2, -0.15) is 0 Å². The van der Waals surface area contributed by atoms with Gasteiger partial charge in [0.25, 0.3) is 6.43 Å². The maximum absolute atomic E-state index is 12.1. The molecule has 14 heavy (non-hydrogen) atoms. The molecule has 86 valence electrons. The second-order valence-corrected chi connectivity index (χ2v) is 3.70. The third kappa shape index (κ3) is 6.27. The van der Waals surface area contributed by atoms with Gasteiger partial charge in [-0.05, 0) is 32.2 Å². The molecule has 2 nitrogen and oxygen atoms in total. The first-order valence-corrected chi connectivity index (χ1v) is 5.24. The standard InChI is InChI=1S/C10H21F2NO/c1-3-4-9(5-6-14)7-13-8(2)10(11)12/h8-10,13-14H,3-7H2,1-2H3. The van der Waals surface area contributed by atoms with Crippen LogP contribution in [0.2, 0.25) is 0 Å². The summed E-state index contributed by atoms with van der Waals surface area (Å²) in [4.78, 5) is 0. The Labute approximate surface area is 84.7 Å². The van der Waals surface area contributed by atoms with Crippen LogP contribution in [0.3, 0.4) is 0 Å². The zero-order chi connectivity index (χ0) is 11.0. The molecule has 2 unspecified atom stereocenters. The van der Waals surface area contributed by atoms with Crippen molar-refractivity contribution in [2.24, 2.45) is 5.92 Å². The van der Waals surface area contributed by atoms with Crippen molar-refractivity contribution in [3.63, 3.8) is 0 Å². The molecular weight excluding hydrogens is 188 g/mol. The maximum atomic E-state index is 12.1. The molecule has 0 fully saturated rings. The summed E-state index contributed by atoms with van der Waals surface area (Å²) in [5, 5.41) is 11.6. The molecule has 0 heterocycles. The van der Waals surface area contributed by atoms with Crippen LogP contribution in [0, 0.1) is 5.92 Å². The molecule has 0 aliphatic carbocycles. The predicted molar refractivity (Wildman–Crippen MR) is 53.6 cm³/mol. The van der Waals surface area contributed by atoms with Crippen molar-refractivity contribution in [3.8, 4) is 0 Å². The highest BCUT2D eigenvalue weighted by atomic mass is 19.3. The van der Waals surface area contributed by atoms with Crippen LogP contribution in [-0.2, 0) is 0 Å². The molecule has 2 N–H and O–H groups in total. The quantitative estimate of drug-likeness (QED) is 0.641. The lowest BCUT2D eigenvalue weighted by Crippen LogP contribution is -2.36. The van der Waals surface area contributed by atoms with Gasteiger partial charge < -0.3 is 10.4 Å². The SMILES string of the molecule is CCCC(CCO)CNC(C)C(F)F. The molecule has 0 amide bonds. The van der Waals surface area contributed by atoms with Gasteiger partial charge in [-0.25, -0.2) is 8.78 Å². The van der Waals surface area contributed by atoms with Crippen molar-refractivity contribution < 1.29 is 13.9 Å². The smallest absolute Gasteiger partial charge is 0.253 e. The molecule has 2 atom stereocenters. The Hall–Kier alpha value is -0.220. The van der Waals surface area contributed by atoms with Crippen molar-refractivity contribution in [3.05, 3.63) is 0 Å². The molecule has 0 bridgehead atoms. The highest BCUT2D eigenvalue weighted by molar-refractivity contribution is 4.67. The molecule has 0 aromatic heterocycles. The zero-order valence-corrected chi connectivity index (χ0v) is 8.97. The summed E-state index contributed by atoms with van der Waals surface area (Å²) in [6, 6.07) is -0.756. The number of hydrogen-bond acceptors (Lipinski definition) is 2. The molecule has 0 radical (unpaired) electrons. The van der Waals surface area contributed by atoms with Gasteiger partial charge >= 0.3 is 0 Å². The summed E-state index contributed by atoms with van der Waals surface area (Å²) in [6.45, 7) is 4.24. The van der Waals surface area contributed by atoms with Crippen molar-refractivity contribution in [2.45, 2.75) is 45.6 Å². The molecule has 0 aliphatic heterocycles. The highest BCUT2D eigenvalue weighted by Gasteiger charge is 2.15. The number of aliphatic hydroxyl groups is 1. The Morgan fingerprint density at radius 3 is 2.36 bits per heavy atom. The number of alkyl halides is 2. The lowest BCUT2D eigenvalue weighted by atomic mass is 10.00. The monoisotopic (exact) mass is 209 g/mol. The minimum absolute atomic E-state index is 0.134. The largest absolute Gasteiger partial charge is 0.396 e. The van der Waals surface area contributed by atoms with Crippen LogP contribution in [0.4, 0.5) is 8.78 Å². The Balaban J connectivity index is 3.68. The molecular formula is C10H21F2NO. The number of rotatable bonds is 8. The average Bonchev–Trinajstić information content (AvgIpc) is 2.14. The van der Waals surface area contributed by atoms with E-state index in [1.54, 1.807) is 0 Å². The van der Waals surface area contributed by atoms with E-state index in [0.717, 1.165) is 12.8 Å². The molecule has 0 spiro atoms. The first-order valence-electron chi connectivity index (χ1n) is 5.24. The second-order valence-electron chi connectivity index (χ2n) is 3.70. The van der Waals surface area contributed by atoms with Crippen molar-refractivity contribution in [1.82, 2.24) is 5.32 Å². The Morgan fingerprint density at radius 2 is 1.93 bits per heavy atom. The lowest BCUT2D eigenvalue weighted by molar-refractivity contribution is 0.102. The number of hydrogen-bond donors (Lipinski definition) is 2. The highest BCUT2D eigenvalue weighted by Crippen LogP contribution is 2.10. The van der Waals surface area contributed by atoms with Gasteiger partial charge in [0.15, 0.2) is 0 Å². The Morgan fingerprint density at radius 1 is 1.29 bits per heavy atom. The van der Waals surface area contributed by atoms with E-state index in [-0.39, 0.29) is 6.61 Å². The number of halogens is 2. The first-order chi connectivity index (χ1) is 6.61. The van der Waals surface area contributed by atoms with Crippen LogP contribution < -0.4 is 5.32 Å².